The molecule has 0 saturated heterocycles. The molecule has 0 aliphatic rings. The summed E-state index contributed by atoms with van der Waals surface area (Å²) in [5, 5.41) is 0. The molecule has 0 unspecified atom stereocenters. The zero-order valence-electron chi connectivity index (χ0n) is 13.3. The average Bonchev–Trinajstić information content (AvgIpc) is 2.27. The molecule has 0 aromatic carbocycles. The molecule has 0 radical (unpaired) electrons. The van der Waals surface area contributed by atoms with Gasteiger partial charge in [0.05, 0.1) is 36.2 Å². The van der Waals surface area contributed by atoms with E-state index in [4.69, 9.17) is 0 Å². The van der Waals surface area contributed by atoms with Crippen molar-refractivity contribution >= 4 is 24.9 Å². The second-order valence-corrected chi connectivity index (χ2v) is 14.4. The fourth-order valence-electron chi connectivity index (χ4n) is 1.89. The molecule has 0 fully saturated rings. The van der Waals surface area contributed by atoms with Gasteiger partial charge in [0.2, 0.25) is 0 Å². The van der Waals surface area contributed by atoms with Gasteiger partial charge in [-0.15, -0.1) is 0 Å². The monoisotopic (exact) mass is 398 g/mol. The summed E-state index contributed by atoms with van der Waals surface area (Å²) in [4.78, 5) is 0. The fraction of sp³-hybridized carbons (Fsp3) is 1.00. The van der Waals surface area contributed by atoms with Crippen LogP contribution in [0.15, 0.2) is 0 Å². The van der Waals surface area contributed by atoms with Crippen molar-refractivity contribution in [3.8, 4) is 0 Å². The minimum absolute atomic E-state index is 0.365. The normalized spacial score (nSPS) is 16.3. The zero-order valence-corrected chi connectivity index (χ0v) is 15.9. The Morgan fingerprint density at radius 1 is 0.773 bits per heavy atom. The van der Waals surface area contributed by atoms with E-state index in [-0.39, 0.29) is 0 Å². The maximum absolute atomic E-state index is 11.6. The summed E-state index contributed by atoms with van der Waals surface area (Å²) in [6.07, 6.45) is 5.28. The fourth-order valence-corrected chi connectivity index (χ4v) is 7.67. The Hall–Kier alpha value is 0.390. The molecule has 0 bridgehead atoms. The van der Waals surface area contributed by atoms with E-state index in [1.165, 1.54) is 18.5 Å². The van der Waals surface area contributed by atoms with Crippen molar-refractivity contribution < 1.29 is 33.6 Å². The van der Waals surface area contributed by atoms with Gasteiger partial charge in [0, 0.05) is 7.26 Å². The molecule has 22 heavy (non-hydrogen) atoms. The predicted molar refractivity (Wildman–Crippen MR) is 85.9 cm³/mol. The molecule has 0 aliphatic carbocycles. The molecule has 0 aliphatic heterocycles. The Morgan fingerprint density at radius 2 is 1.09 bits per heavy atom. The van der Waals surface area contributed by atoms with E-state index in [1.54, 1.807) is 0 Å². The minimum atomic E-state index is -10.7. The molecule has 2 nitrogen and oxygen atoms in total. The third-order valence-electron chi connectivity index (χ3n) is 3.40. The van der Waals surface area contributed by atoms with E-state index in [0.717, 1.165) is 12.6 Å². The van der Waals surface area contributed by atoms with E-state index >= 15 is 0 Å². The van der Waals surface area contributed by atoms with E-state index in [9.17, 15) is 33.6 Å². The van der Waals surface area contributed by atoms with Gasteiger partial charge in [-0.3, -0.25) is 0 Å². The number of hydrogen-bond acceptors (Lipinski definition) is 2. The van der Waals surface area contributed by atoms with Crippen LogP contribution in [-0.4, -0.2) is 44.6 Å². The Bertz CT molecular complexity index is 408. The number of hydrogen-bond donors (Lipinski definition) is 0. The Morgan fingerprint density at radius 3 is 1.32 bits per heavy atom. The predicted octanol–water partition coefficient (Wildman–Crippen LogP) is 6.27. The first-order valence-electron chi connectivity index (χ1n) is 7.02. The van der Waals surface area contributed by atoms with Crippen LogP contribution in [0.1, 0.15) is 34.1 Å². The Balaban J connectivity index is 0. The third kappa shape index (κ3) is 18.4. The van der Waals surface area contributed by atoms with E-state index in [2.05, 4.69) is 20.8 Å². The number of sulfone groups is 1. The maximum atomic E-state index is 11.6. The van der Waals surface area contributed by atoms with Crippen molar-refractivity contribution in [2.24, 2.45) is 0 Å². The molecule has 11 heteroatoms. The quantitative estimate of drug-likeness (QED) is 0.357. The molecule has 0 saturated carbocycles. The third-order valence-corrected chi connectivity index (χ3v) is 10.8. The van der Waals surface area contributed by atoms with Crippen LogP contribution in [-0.2, 0) is 9.84 Å². The molecule has 0 atom stereocenters. The molecule has 0 heterocycles. The summed E-state index contributed by atoms with van der Waals surface area (Å²) in [7, 11) is -14.4. The van der Waals surface area contributed by atoms with Crippen LogP contribution in [0, 0.1) is 0 Å². The van der Waals surface area contributed by atoms with Crippen molar-refractivity contribution in [2.45, 2.75) is 34.1 Å². The van der Waals surface area contributed by atoms with Crippen LogP contribution in [0.5, 0.6) is 0 Å². The summed E-state index contributed by atoms with van der Waals surface area (Å²) in [5.74, 6) is 0.786. The number of halogens is 6. The summed E-state index contributed by atoms with van der Waals surface area (Å²) >= 11 is 0. The first-order chi connectivity index (χ1) is 9.40. The van der Waals surface area contributed by atoms with Gasteiger partial charge in [-0.1, -0.05) is 6.92 Å². The molecule has 140 valence electrons. The van der Waals surface area contributed by atoms with Gasteiger partial charge >= 0.3 is 33.0 Å². The molecule has 0 amide bonds. The van der Waals surface area contributed by atoms with Gasteiger partial charge < -0.3 is 0 Å². The summed E-state index contributed by atoms with van der Waals surface area (Å²) in [6.45, 7) is 8.58. The summed E-state index contributed by atoms with van der Waals surface area (Å²) < 4.78 is 82.5. The van der Waals surface area contributed by atoms with Crippen LogP contribution in [0.25, 0.3) is 0 Å². The Kier molecular flexibility index (Phi) is 8.42. The van der Waals surface area contributed by atoms with E-state index in [1.807, 2.05) is 6.92 Å². The second-order valence-electron chi connectivity index (χ2n) is 5.12. The Labute approximate surface area is 129 Å². The summed E-state index contributed by atoms with van der Waals surface area (Å²) in [5.41, 5.74) is 0. The van der Waals surface area contributed by atoms with Crippen LogP contribution >= 0.6 is 15.1 Å². The van der Waals surface area contributed by atoms with Gasteiger partial charge in [0.15, 0.2) is 9.84 Å². The van der Waals surface area contributed by atoms with Crippen molar-refractivity contribution in [3.63, 3.8) is 0 Å². The molecule has 0 aromatic heterocycles. The van der Waals surface area contributed by atoms with Gasteiger partial charge in [0.25, 0.3) is 0 Å². The summed E-state index contributed by atoms with van der Waals surface area (Å²) in [6, 6.07) is 0. The van der Waals surface area contributed by atoms with Gasteiger partial charge in [0.1, 0.15) is 0 Å². The van der Waals surface area contributed by atoms with E-state index < -0.39 is 24.9 Å². The van der Waals surface area contributed by atoms with Gasteiger partial charge in [-0.25, -0.2) is 8.42 Å². The average molecular weight is 398 g/mol. The molecular weight excluding hydrogens is 372 g/mol. The van der Waals surface area contributed by atoms with Crippen molar-refractivity contribution in [1.29, 1.82) is 0 Å². The van der Waals surface area contributed by atoms with Crippen molar-refractivity contribution in [3.05, 3.63) is 0 Å². The standard InChI is InChI=1S/C11H26O2PS.F6P/c1-5-10-15(12,13)11-9-14(6-2,7-3)8-4;1-7(2,3,4,5)6/h5-11H2,1-4H3;/q+1;-1. The zero-order chi connectivity index (χ0) is 18.4. The second kappa shape index (κ2) is 7.52. The van der Waals surface area contributed by atoms with Crippen molar-refractivity contribution in [1.82, 2.24) is 0 Å². The SMILES string of the molecule is CCCS(=O)(=O)CC[P+](CC)(CC)CC.F[P-](F)(F)(F)(F)F. The first-order valence-corrected chi connectivity index (χ1v) is 13.4. The van der Waals surface area contributed by atoms with Crippen LogP contribution in [0.3, 0.4) is 0 Å². The van der Waals surface area contributed by atoms with E-state index in [0.29, 0.717) is 11.5 Å². The van der Waals surface area contributed by atoms with Gasteiger partial charge in [-0.05, 0) is 27.2 Å². The molecule has 0 rings (SSSR count). The van der Waals surface area contributed by atoms with Crippen LogP contribution < -0.4 is 0 Å². The first kappa shape index (κ1) is 24.6. The van der Waals surface area contributed by atoms with Crippen LogP contribution in [0.4, 0.5) is 25.2 Å². The molecule has 0 aromatic rings. The van der Waals surface area contributed by atoms with Crippen molar-refractivity contribution in [2.75, 3.05) is 36.2 Å². The van der Waals surface area contributed by atoms with Gasteiger partial charge in [-0.2, -0.15) is 0 Å². The molecule has 0 spiro atoms. The van der Waals surface area contributed by atoms with Crippen LogP contribution in [0.2, 0.25) is 0 Å². The molecular formula is C11H26F6O2P2S. The number of rotatable bonds is 8. The molecule has 0 N–H and O–H groups in total. The topological polar surface area (TPSA) is 34.1 Å².